The predicted octanol–water partition coefficient (Wildman–Crippen LogP) is 3.25. The van der Waals surface area contributed by atoms with E-state index in [0.29, 0.717) is 12.8 Å². The Hall–Kier alpha value is -0.600. The quantitative estimate of drug-likeness (QED) is 0.425. The number of methoxy groups -OCH3 is 1. The lowest BCUT2D eigenvalue weighted by Gasteiger charge is -2.00. The molecule has 0 spiro atoms. The number of unbranched alkanes of at least 4 members (excludes halogenated alkanes) is 6. The van der Waals surface area contributed by atoms with Crippen LogP contribution in [0, 0.1) is 0 Å². The highest BCUT2D eigenvalue weighted by Gasteiger charge is 1.98. The molecular formula is C11H21FO2. The fourth-order valence-corrected chi connectivity index (χ4v) is 1.35. The minimum absolute atomic E-state index is 0.123. The van der Waals surface area contributed by atoms with E-state index < -0.39 is 0 Å². The van der Waals surface area contributed by atoms with Crippen molar-refractivity contribution in [2.75, 3.05) is 13.8 Å². The molecule has 0 unspecified atom stereocenters. The number of carbonyl (C=O) groups is 1. The maximum absolute atomic E-state index is 11.7. The minimum atomic E-state index is -0.192. The van der Waals surface area contributed by atoms with Crippen LogP contribution in [0.25, 0.3) is 0 Å². The van der Waals surface area contributed by atoms with E-state index in [0.717, 1.165) is 38.5 Å². The maximum atomic E-state index is 11.7. The number of hydrogen-bond acceptors (Lipinski definition) is 2. The second-order valence-corrected chi connectivity index (χ2v) is 3.49. The van der Waals surface area contributed by atoms with Crippen LogP contribution in [0.5, 0.6) is 0 Å². The summed E-state index contributed by atoms with van der Waals surface area (Å²) in [6, 6.07) is 0. The van der Waals surface area contributed by atoms with Gasteiger partial charge in [0.25, 0.3) is 0 Å². The molecule has 0 aromatic carbocycles. The Bertz CT molecular complexity index is 137. The Morgan fingerprint density at radius 2 is 1.50 bits per heavy atom. The summed E-state index contributed by atoms with van der Waals surface area (Å²) in [7, 11) is 1.42. The zero-order valence-electron chi connectivity index (χ0n) is 9.06. The van der Waals surface area contributed by atoms with Crippen molar-refractivity contribution in [3.05, 3.63) is 0 Å². The smallest absolute Gasteiger partial charge is 0.305 e. The van der Waals surface area contributed by atoms with Crippen LogP contribution in [-0.4, -0.2) is 19.8 Å². The first-order valence-corrected chi connectivity index (χ1v) is 5.44. The zero-order valence-corrected chi connectivity index (χ0v) is 9.06. The molecule has 0 aromatic heterocycles. The van der Waals surface area contributed by atoms with Crippen LogP contribution in [-0.2, 0) is 9.53 Å². The van der Waals surface area contributed by atoms with Gasteiger partial charge in [-0.2, -0.15) is 0 Å². The number of rotatable bonds is 9. The van der Waals surface area contributed by atoms with Crippen molar-refractivity contribution in [2.45, 2.75) is 51.4 Å². The van der Waals surface area contributed by atoms with Gasteiger partial charge in [0.15, 0.2) is 0 Å². The molecule has 0 aliphatic carbocycles. The summed E-state index contributed by atoms with van der Waals surface area (Å²) in [5.41, 5.74) is 0. The lowest BCUT2D eigenvalue weighted by Crippen LogP contribution is -1.99. The molecule has 0 saturated heterocycles. The van der Waals surface area contributed by atoms with Gasteiger partial charge < -0.3 is 4.74 Å². The van der Waals surface area contributed by atoms with E-state index in [4.69, 9.17) is 0 Å². The molecule has 14 heavy (non-hydrogen) atoms. The number of ether oxygens (including phenoxy) is 1. The SMILES string of the molecule is COC(=O)CCCCCCCCCF. The Kier molecular flexibility index (Phi) is 10.0. The molecule has 3 heteroatoms. The Morgan fingerprint density at radius 1 is 1.00 bits per heavy atom. The molecule has 0 aromatic rings. The van der Waals surface area contributed by atoms with Crippen LogP contribution in [0.4, 0.5) is 4.39 Å². The predicted molar refractivity (Wildman–Crippen MR) is 54.9 cm³/mol. The van der Waals surface area contributed by atoms with E-state index in [-0.39, 0.29) is 12.6 Å². The van der Waals surface area contributed by atoms with E-state index in [1.54, 1.807) is 0 Å². The standard InChI is InChI=1S/C11H21FO2/c1-14-11(13)9-7-5-3-2-4-6-8-10-12/h2-10H2,1H3. The summed E-state index contributed by atoms with van der Waals surface area (Å²) in [4.78, 5) is 10.7. The van der Waals surface area contributed by atoms with Gasteiger partial charge in [0.2, 0.25) is 0 Å². The lowest BCUT2D eigenvalue weighted by molar-refractivity contribution is -0.140. The molecule has 0 saturated carbocycles. The summed E-state index contributed by atoms with van der Waals surface area (Å²) in [6.07, 6.45) is 7.61. The average molecular weight is 204 g/mol. The fourth-order valence-electron chi connectivity index (χ4n) is 1.35. The molecule has 2 nitrogen and oxygen atoms in total. The van der Waals surface area contributed by atoms with E-state index in [1.807, 2.05) is 0 Å². The van der Waals surface area contributed by atoms with Crippen molar-refractivity contribution in [3.63, 3.8) is 0 Å². The first-order chi connectivity index (χ1) is 6.81. The van der Waals surface area contributed by atoms with Crippen molar-refractivity contribution in [3.8, 4) is 0 Å². The van der Waals surface area contributed by atoms with E-state index in [9.17, 15) is 9.18 Å². The Morgan fingerprint density at radius 3 is 2.00 bits per heavy atom. The molecular weight excluding hydrogens is 183 g/mol. The summed E-state index contributed by atoms with van der Waals surface area (Å²) in [5, 5.41) is 0. The van der Waals surface area contributed by atoms with Crippen molar-refractivity contribution in [1.82, 2.24) is 0 Å². The first kappa shape index (κ1) is 13.4. The van der Waals surface area contributed by atoms with Crippen molar-refractivity contribution in [1.29, 1.82) is 0 Å². The van der Waals surface area contributed by atoms with Gasteiger partial charge in [-0.15, -0.1) is 0 Å². The van der Waals surface area contributed by atoms with Gasteiger partial charge in [0.05, 0.1) is 13.8 Å². The molecule has 0 heterocycles. The minimum Gasteiger partial charge on any atom is -0.469 e. The van der Waals surface area contributed by atoms with Crippen LogP contribution in [0.1, 0.15) is 51.4 Å². The zero-order chi connectivity index (χ0) is 10.6. The van der Waals surface area contributed by atoms with Gasteiger partial charge in [-0.05, 0) is 12.8 Å². The molecule has 0 aliphatic heterocycles. The van der Waals surface area contributed by atoms with Gasteiger partial charge in [-0.1, -0.05) is 32.1 Å². The van der Waals surface area contributed by atoms with Gasteiger partial charge in [0, 0.05) is 6.42 Å². The fraction of sp³-hybridized carbons (Fsp3) is 0.909. The largest absolute Gasteiger partial charge is 0.469 e. The van der Waals surface area contributed by atoms with Crippen molar-refractivity contribution < 1.29 is 13.9 Å². The highest BCUT2D eigenvalue weighted by molar-refractivity contribution is 5.68. The van der Waals surface area contributed by atoms with E-state index in [1.165, 1.54) is 7.11 Å². The third kappa shape index (κ3) is 9.49. The Labute approximate surface area is 85.8 Å². The van der Waals surface area contributed by atoms with Gasteiger partial charge in [-0.25, -0.2) is 0 Å². The van der Waals surface area contributed by atoms with Crippen LogP contribution in [0.15, 0.2) is 0 Å². The second-order valence-electron chi connectivity index (χ2n) is 3.49. The van der Waals surface area contributed by atoms with Gasteiger partial charge in [-0.3, -0.25) is 9.18 Å². The van der Waals surface area contributed by atoms with Gasteiger partial charge >= 0.3 is 5.97 Å². The normalized spacial score (nSPS) is 10.1. The average Bonchev–Trinajstić information content (AvgIpc) is 2.21. The summed E-state index contributed by atoms with van der Waals surface area (Å²) in [6.45, 7) is -0.192. The molecule has 0 bridgehead atoms. The third-order valence-electron chi connectivity index (χ3n) is 2.24. The van der Waals surface area contributed by atoms with Crippen molar-refractivity contribution >= 4 is 5.97 Å². The topological polar surface area (TPSA) is 26.3 Å². The van der Waals surface area contributed by atoms with E-state index in [2.05, 4.69) is 4.74 Å². The van der Waals surface area contributed by atoms with Crippen LogP contribution < -0.4 is 0 Å². The molecule has 0 rings (SSSR count). The molecule has 0 amide bonds. The molecule has 0 radical (unpaired) electrons. The maximum Gasteiger partial charge on any atom is 0.305 e. The number of alkyl halides is 1. The van der Waals surface area contributed by atoms with Crippen molar-refractivity contribution in [2.24, 2.45) is 0 Å². The molecule has 84 valence electrons. The summed E-state index contributed by atoms with van der Waals surface area (Å²) < 4.78 is 16.2. The van der Waals surface area contributed by atoms with E-state index >= 15 is 0 Å². The molecule has 0 aliphatic rings. The molecule has 0 fully saturated rings. The number of esters is 1. The molecule has 0 atom stereocenters. The number of halogens is 1. The van der Waals surface area contributed by atoms with Crippen LogP contribution in [0.2, 0.25) is 0 Å². The van der Waals surface area contributed by atoms with Crippen LogP contribution in [0.3, 0.4) is 0 Å². The Balaban J connectivity index is 2.95. The highest BCUT2D eigenvalue weighted by Crippen LogP contribution is 2.08. The number of hydrogen-bond donors (Lipinski definition) is 0. The number of carbonyl (C=O) groups excluding carboxylic acids is 1. The summed E-state index contributed by atoms with van der Waals surface area (Å²) in [5.74, 6) is -0.123. The van der Waals surface area contributed by atoms with Crippen LogP contribution >= 0.6 is 0 Å². The second kappa shape index (κ2) is 10.5. The van der Waals surface area contributed by atoms with Gasteiger partial charge in [0.1, 0.15) is 0 Å². The monoisotopic (exact) mass is 204 g/mol. The summed E-state index contributed by atoms with van der Waals surface area (Å²) >= 11 is 0. The first-order valence-electron chi connectivity index (χ1n) is 5.44. The molecule has 0 N–H and O–H groups in total. The lowest BCUT2D eigenvalue weighted by atomic mass is 10.1. The third-order valence-corrected chi connectivity index (χ3v) is 2.24. The highest BCUT2D eigenvalue weighted by atomic mass is 19.1.